The highest BCUT2D eigenvalue weighted by Gasteiger charge is 1.93. The van der Waals surface area contributed by atoms with E-state index in [-0.39, 0.29) is 12.8 Å². The van der Waals surface area contributed by atoms with Gasteiger partial charge in [-0.1, -0.05) is 0 Å². The first-order valence-electron chi connectivity index (χ1n) is 8.96. The Hall–Kier alpha value is -0.0800. The molecule has 2 saturated heterocycles. The fraction of sp³-hybridized carbons (Fsp3) is 1.00. The Morgan fingerprint density at radius 3 is 1.50 bits per heavy atom. The summed E-state index contributed by atoms with van der Waals surface area (Å²) in [6, 6.07) is 0. The molecule has 2 heterocycles. The van der Waals surface area contributed by atoms with Gasteiger partial charge in [0.25, 0.3) is 0 Å². The third-order valence-electron chi connectivity index (χ3n) is 0.864. The zero-order chi connectivity index (χ0) is 17.8. The summed E-state index contributed by atoms with van der Waals surface area (Å²) in [7, 11) is 0. The Morgan fingerprint density at radius 1 is 0.800 bits per heavy atom. The van der Waals surface area contributed by atoms with Crippen molar-refractivity contribution in [3.05, 3.63) is 0 Å². The summed E-state index contributed by atoms with van der Waals surface area (Å²) in [6.07, 6.45) is -5.27. The summed E-state index contributed by atoms with van der Waals surface area (Å²) < 4.78 is 85.3. The van der Waals surface area contributed by atoms with Crippen molar-refractivity contribution in [1.29, 1.82) is 0 Å². The fourth-order valence-corrected chi connectivity index (χ4v) is 0.469. The SMILES string of the molecule is [2H]C1([2H])CCC([2H])([2H])N1.[2H]C1([2H])NC([2H])([2H])C([2H])([2H])C1([2H])[2H]. The molecule has 2 aliphatic heterocycles. The van der Waals surface area contributed by atoms with E-state index in [1.807, 2.05) is 0 Å². The van der Waals surface area contributed by atoms with Gasteiger partial charge >= 0.3 is 0 Å². The summed E-state index contributed by atoms with van der Waals surface area (Å²) in [5, 5.41) is 3.90. The average Bonchev–Trinajstić information content (AvgIpc) is 2.52. The van der Waals surface area contributed by atoms with E-state index >= 15 is 0 Å². The Bertz CT molecular complexity index is 393. The molecule has 0 aliphatic carbocycles. The second-order valence-electron chi connectivity index (χ2n) is 1.60. The molecule has 10 heavy (non-hydrogen) atoms. The van der Waals surface area contributed by atoms with Gasteiger partial charge in [-0.05, 0) is 51.6 Å². The van der Waals surface area contributed by atoms with Crippen LogP contribution >= 0.6 is 0 Å². The largest absolute Gasteiger partial charge is 0.317 e. The van der Waals surface area contributed by atoms with E-state index in [0.29, 0.717) is 0 Å². The molecule has 2 rings (SSSR count). The van der Waals surface area contributed by atoms with E-state index in [9.17, 15) is 0 Å². The van der Waals surface area contributed by atoms with Gasteiger partial charge in [0, 0.05) is 16.4 Å². The number of nitrogens with one attached hydrogen (secondary N) is 2. The lowest BCUT2D eigenvalue weighted by atomic mass is 10.4. The summed E-state index contributed by atoms with van der Waals surface area (Å²) >= 11 is 0. The van der Waals surface area contributed by atoms with Gasteiger partial charge in [-0.15, -0.1) is 0 Å². The van der Waals surface area contributed by atoms with Crippen LogP contribution in [0, 0.1) is 0 Å². The van der Waals surface area contributed by atoms with Crippen LogP contribution in [0.4, 0.5) is 0 Å². The molecule has 0 saturated carbocycles. The molecule has 0 bridgehead atoms. The molecule has 60 valence electrons. The molecule has 0 aromatic heterocycles. The molecule has 0 radical (unpaired) electrons. The molecular weight excluding hydrogens is 124 g/mol. The summed E-state index contributed by atoms with van der Waals surface area (Å²) in [5.74, 6) is 0. The monoisotopic (exact) mass is 154 g/mol. The van der Waals surface area contributed by atoms with Crippen molar-refractivity contribution in [3.63, 3.8) is 0 Å². The summed E-state index contributed by atoms with van der Waals surface area (Å²) in [4.78, 5) is 0. The van der Waals surface area contributed by atoms with Crippen molar-refractivity contribution < 1.29 is 16.4 Å². The minimum absolute atomic E-state index is 0.264. The van der Waals surface area contributed by atoms with Crippen molar-refractivity contribution in [1.82, 2.24) is 10.6 Å². The molecule has 0 aromatic carbocycles. The van der Waals surface area contributed by atoms with Gasteiger partial charge in [0.2, 0.25) is 0 Å². The molecule has 2 fully saturated rings. The van der Waals surface area contributed by atoms with E-state index in [1.165, 1.54) is 0 Å². The van der Waals surface area contributed by atoms with E-state index in [1.54, 1.807) is 5.32 Å². The molecule has 2 nitrogen and oxygen atoms in total. The standard InChI is InChI=1S/2C4H9N/c2*1-2-4-5-3-1/h2*5H,1-4H2/i1D2,2D2,3D2,4D2;3D2,4D2. The van der Waals surface area contributed by atoms with Crippen molar-refractivity contribution in [2.24, 2.45) is 0 Å². The highest BCUT2D eigenvalue weighted by Crippen LogP contribution is 1.90. The topological polar surface area (TPSA) is 24.1 Å². The van der Waals surface area contributed by atoms with E-state index in [0.717, 1.165) is 0 Å². The lowest BCUT2D eigenvalue weighted by Crippen LogP contribution is -2.03. The van der Waals surface area contributed by atoms with Gasteiger partial charge in [-0.25, -0.2) is 0 Å². The first-order chi connectivity index (χ1) is 9.37. The molecular formula is C8H18N2. The predicted octanol–water partition coefficient (Wildman–Crippen LogP) is 0.740. The van der Waals surface area contributed by atoms with Crippen LogP contribution in [-0.2, 0) is 0 Å². The molecule has 0 amide bonds. The lowest BCUT2D eigenvalue weighted by Gasteiger charge is -1.76. The predicted molar refractivity (Wildman–Crippen MR) is 44.2 cm³/mol. The van der Waals surface area contributed by atoms with E-state index < -0.39 is 38.7 Å². The normalized spacial score (nSPS) is 72.0. The van der Waals surface area contributed by atoms with Crippen LogP contribution in [0.2, 0.25) is 0 Å². The quantitative estimate of drug-likeness (QED) is 0.538. The molecule has 0 spiro atoms. The third-order valence-corrected chi connectivity index (χ3v) is 0.864. The Kier molecular flexibility index (Phi) is 0.934. The minimum Gasteiger partial charge on any atom is -0.317 e. The van der Waals surface area contributed by atoms with Crippen LogP contribution < -0.4 is 10.6 Å². The van der Waals surface area contributed by atoms with Crippen molar-refractivity contribution >= 4 is 0 Å². The highest BCUT2D eigenvalue weighted by atomic mass is 14.9. The van der Waals surface area contributed by atoms with Gasteiger partial charge in [0.15, 0.2) is 0 Å². The molecule has 0 aromatic rings. The van der Waals surface area contributed by atoms with Crippen LogP contribution in [0.25, 0.3) is 0 Å². The van der Waals surface area contributed by atoms with Crippen LogP contribution in [0.5, 0.6) is 0 Å². The zero-order valence-corrected chi connectivity index (χ0v) is 5.41. The minimum atomic E-state index is -2.90. The second kappa shape index (κ2) is 5.69. The number of rotatable bonds is 0. The van der Waals surface area contributed by atoms with Gasteiger partial charge in [-0.2, -0.15) is 0 Å². The molecule has 2 heteroatoms. The second-order valence-corrected chi connectivity index (χ2v) is 1.60. The third kappa shape index (κ3) is 3.85. The highest BCUT2D eigenvalue weighted by molar-refractivity contribution is 4.56. The smallest absolute Gasteiger partial charge is 0.0428 e. The van der Waals surface area contributed by atoms with E-state index in [4.69, 9.17) is 16.4 Å². The van der Waals surface area contributed by atoms with Crippen LogP contribution in [-0.4, -0.2) is 26.0 Å². The van der Waals surface area contributed by atoms with Gasteiger partial charge in [0.1, 0.15) is 0 Å². The fourth-order valence-electron chi connectivity index (χ4n) is 0.469. The maximum Gasteiger partial charge on any atom is 0.0428 e. The van der Waals surface area contributed by atoms with Crippen molar-refractivity contribution in [2.75, 3.05) is 26.0 Å². The van der Waals surface area contributed by atoms with Crippen LogP contribution in [0.1, 0.15) is 42.0 Å². The Labute approximate surface area is 80.2 Å². The Morgan fingerprint density at radius 2 is 1.30 bits per heavy atom. The van der Waals surface area contributed by atoms with E-state index in [2.05, 4.69) is 5.32 Å². The molecule has 2 aliphatic rings. The first kappa shape index (κ1) is 1.64. The van der Waals surface area contributed by atoms with Crippen molar-refractivity contribution in [3.8, 4) is 0 Å². The van der Waals surface area contributed by atoms with Gasteiger partial charge in [0.05, 0.1) is 0 Å². The average molecular weight is 154 g/mol. The maximum absolute atomic E-state index is 7.16. The van der Waals surface area contributed by atoms with Crippen LogP contribution in [0.15, 0.2) is 0 Å². The number of hydrogen-bond donors (Lipinski definition) is 2. The van der Waals surface area contributed by atoms with Gasteiger partial charge < -0.3 is 10.6 Å². The summed E-state index contributed by atoms with van der Waals surface area (Å²) in [6.45, 7) is -8.41. The summed E-state index contributed by atoms with van der Waals surface area (Å²) in [5.41, 5.74) is 0. The Balaban J connectivity index is 0.000000235. The maximum atomic E-state index is 7.16. The molecule has 2 N–H and O–H groups in total. The molecule has 0 atom stereocenters. The first-order valence-corrected chi connectivity index (χ1v) is 2.96. The zero-order valence-electron chi connectivity index (χ0n) is 17.4. The lowest BCUT2D eigenvalue weighted by molar-refractivity contribution is 0.857. The number of hydrogen-bond acceptors (Lipinski definition) is 2. The molecule has 0 unspecified atom stereocenters. The van der Waals surface area contributed by atoms with Crippen molar-refractivity contribution in [2.45, 2.75) is 25.6 Å². The van der Waals surface area contributed by atoms with Gasteiger partial charge in [-0.3, -0.25) is 0 Å². The van der Waals surface area contributed by atoms with Crippen LogP contribution in [0.3, 0.4) is 0 Å².